The average molecular weight is 401 g/mol. The van der Waals surface area contributed by atoms with Gasteiger partial charge in [-0.25, -0.2) is 9.97 Å². The Morgan fingerprint density at radius 3 is 2.50 bits per heavy atom. The standard InChI is InChI=1S/C23H23N5O2/c1-16-22-23(30-26-16)19(15-18(25-22)17-7-3-4-8-20(17)29-2)27-11-13-28(14-12-27)21-9-5-6-10-24-21/h3-10,15H,11-14H2,1-2H3. The van der Waals surface area contributed by atoms with Gasteiger partial charge in [-0.2, -0.15) is 0 Å². The Kier molecular flexibility index (Phi) is 4.71. The molecule has 0 atom stereocenters. The third-order valence-corrected chi connectivity index (χ3v) is 5.55. The van der Waals surface area contributed by atoms with Crippen molar-refractivity contribution >= 4 is 22.6 Å². The second kappa shape index (κ2) is 7.67. The molecule has 0 N–H and O–H groups in total. The molecule has 152 valence electrons. The zero-order chi connectivity index (χ0) is 20.5. The van der Waals surface area contributed by atoms with Gasteiger partial charge in [-0.15, -0.1) is 0 Å². The molecule has 1 saturated heterocycles. The van der Waals surface area contributed by atoms with Gasteiger partial charge in [0.05, 0.1) is 18.5 Å². The zero-order valence-corrected chi connectivity index (χ0v) is 17.1. The van der Waals surface area contributed by atoms with Crippen molar-refractivity contribution in [1.82, 2.24) is 15.1 Å². The number of rotatable bonds is 4. The normalized spacial score (nSPS) is 14.3. The quantitative estimate of drug-likeness (QED) is 0.513. The van der Waals surface area contributed by atoms with Crippen molar-refractivity contribution in [1.29, 1.82) is 0 Å². The first-order valence-corrected chi connectivity index (χ1v) is 10.1. The molecular weight excluding hydrogens is 378 g/mol. The van der Waals surface area contributed by atoms with Gasteiger partial charge in [0.15, 0.2) is 0 Å². The number of aryl methyl sites for hydroxylation is 1. The lowest BCUT2D eigenvalue weighted by Crippen LogP contribution is -2.46. The fraction of sp³-hybridized carbons (Fsp3) is 0.261. The minimum absolute atomic E-state index is 0.734. The van der Waals surface area contributed by atoms with Gasteiger partial charge in [0.1, 0.15) is 22.8 Å². The molecule has 0 bridgehead atoms. The van der Waals surface area contributed by atoms with E-state index in [0.29, 0.717) is 0 Å². The Balaban J connectivity index is 1.51. The van der Waals surface area contributed by atoms with Gasteiger partial charge in [-0.3, -0.25) is 0 Å². The van der Waals surface area contributed by atoms with E-state index in [-0.39, 0.29) is 0 Å². The van der Waals surface area contributed by atoms with Crippen molar-refractivity contribution in [3.05, 3.63) is 60.4 Å². The summed E-state index contributed by atoms with van der Waals surface area (Å²) in [5.74, 6) is 1.81. The number of aromatic nitrogens is 3. The van der Waals surface area contributed by atoms with Crippen molar-refractivity contribution in [2.24, 2.45) is 0 Å². The van der Waals surface area contributed by atoms with Crippen LogP contribution in [0.3, 0.4) is 0 Å². The molecule has 1 fully saturated rings. The molecule has 0 amide bonds. The van der Waals surface area contributed by atoms with E-state index >= 15 is 0 Å². The summed E-state index contributed by atoms with van der Waals surface area (Å²) in [6, 6.07) is 16.0. The van der Waals surface area contributed by atoms with Crippen LogP contribution >= 0.6 is 0 Å². The summed E-state index contributed by atoms with van der Waals surface area (Å²) in [6.07, 6.45) is 1.84. The number of pyridine rings is 2. The van der Waals surface area contributed by atoms with Gasteiger partial charge in [0.25, 0.3) is 0 Å². The van der Waals surface area contributed by atoms with Crippen LogP contribution in [0.15, 0.2) is 59.3 Å². The Morgan fingerprint density at radius 2 is 1.73 bits per heavy atom. The van der Waals surface area contributed by atoms with Gasteiger partial charge in [-0.05, 0) is 37.3 Å². The van der Waals surface area contributed by atoms with Crippen LogP contribution in [0.2, 0.25) is 0 Å². The lowest BCUT2D eigenvalue weighted by Gasteiger charge is -2.36. The van der Waals surface area contributed by atoms with Crippen LogP contribution in [0.25, 0.3) is 22.4 Å². The van der Waals surface area contributed by atoms with Crippen LogP contribution < -0.4 is 14.5 Å². The van der Waals surface area contributed by atoms with Crippen LogP contribution in [0.1, 0.15) is 5.69 Å². The van der Waals surface area contributed by atoms with Crippen molar-refractivity contribution in [2.75, 3.05) is 43.1 Å². The summed E-state index contributed by atoms with van der Waals surface area (Å²) in [4.78, 5) is 14.0. The fourth-order valence-corrected chi connectivity index (χ4v) is 3.96. The van der Waals surface area contributed by atoms with Gasteiger partial charge in [0, 0.05) is 37.9 Å². The largest absolute Gasteiger partial charge is 0.496 e. The van der Waals surface area contributed by atoms with E-state index in [9.17, 15) is 0 Å². The van der Waals surface area contributed by atoms with E-state index < -0.39 is 0 Å². The first-order valence-electron chi connectivity index (χ1n) is 10.1. The molecule has 1 aromatic carbocycles. The zero-order valence-electron chi connectivity index (χ0n) is 17.1. The topological polar surface area (TPSA) is 67.5 Å². The molecule has 7 nitrogen and oxygen atoms in total. The molecular formula is C23H23N5O2. The molecule has 0 radical (unpaired) electrons. The van der Waals surface area contributed by atoms with E-state index in [1.807, 2.05) is 49.5 Å². The monoisotopic (exact) mass is 401 g/mol. The van der Waals surface area contributed by atoms with E-state index in [1.165, 1.54) is 0 Å². The van der Waals surface area contributed by atoms with Gasteiger partial charge < -0.3 is 19.1 Å². The number of hydrogen-bond acceptors (Lipinski definition) is 7. The summed E-state index contributed by atoms with van der Waals surface area (Å²) < 4.78 is 11.2. The van der Waals surface area contributed by atoms with E-state index in [4.69, 9.17) is 14.2 Å². The fourth-order valence-electron chi connectivity index (χ4n) is 3.96. The number of methoxy groups -OCH3 is 1. The molecule has 4 heterocycles. The highest BCUT2D eigenvalue weighted by Crippen LogP contribution is 2.36. The number of para-hydroxylation sites is 1. The van der Waals surface area contributed by atoms with Crippen LogP contribution in [0, 0.1) is 6.92 Å². The lowest BCUT2D eigenvalue weighted by atomic mass is 10.1. The second-order valence-corrected chi connectivity index (χ2v) is 7.33. The van der Waals surface area contributed by atoms with E-state index in [2.05, 4.69) is 32.1 Å². The number of piperazine rings is 1. The summed E-state index contributed by atoms with van der Waals surface area (Å²) in [5, 5.41) is 4.18. The Labute approximate surface area is 174 Å². The molecule has 30 heavy (non-hydrogen) atoms. The number of benzene rings is 1. The van der Waals surface area contributed by atoms with E-state index in [0.717, 1.165) is 71.5 Å². The number of ether oxygens (including phenoxy) is 1. The first kappa shape index (κ1) is 18.4. The van der Waals surface area contributed by atoms with Crippen molar-refractivity contribution < 1.29 is 9.26 Å². The van der Waals surface area contributed by atoms with Gasteiger partial charge in [0.2, 0.25) is 5.58 Å². The SMILES string of the molecule is COc1ccccc1-c1cc(N2CCN(c3ccccn3)CC2)c2onc(C)c2n1. The van der Waals surface area contributed by atoms with Crippen LogP contribution in [-0.4, -0.2) is 48.4 Å². The molecule has 1 aliphatic rings. The van der Waals surface area contributed by atoms with Crippen molar-refractivity contribution in [3.63, 3.8) is 0 Å². The minimum atomic E-state index is 0.734. The highest BCUT2D eigenvalue weighted by Gasteiger charge is 2.24. The average Bonchev–Trinajstić information content (AvgIpc) is 3.20. The molecule has 0 spiro atoms. The third kappa shape index (κ3) is 3.22. The minimum Gasteiger partial charge on any atom is -0.496 e. The molecule has 3 aromatic heterocycles. The predicted molar refractivity (Wildman–Crippen MR) is 117 cm³/mol. The van der Waals surface area contributed by atoms with E-state index in [1.54, 1.807) is 7.11 Å². The maximum Gasteiger partial charge on any atom is 0.208 e. The third-order valence-electron chi connectivity index (χ3n) is 5.55. The Morgan fingerprint density at radius 1 is 0.967 bits per heavy atom. The number of fused-ring (bicyclic) bond motifs is 1. The first-order chi connectivity index (χ1) is 14.7. The smallest absolute Gasteiger partial charge is 0.208 e. The van der Waals surface area contributed by atoms with Gasteiger partial charge in [-0.1, -0.05) is 23.4 Å². The second-order valence-electron chi connectivity index (χ2n) is 7.33. The maximum atomic E-state index is 5.68. The van der Waals surface area contributed by atoms with Crippen LogP contribution in [0.5, 0.6) is 5.75 Å². The lowest BCUT2D eigenvalue weighted by molar-refractivity contribution is 0.416. The van der Waals surface area contributed by atoms with Crippen molar-refractivity contribution in [3.8, 4) is 17.0 Å². The molecule has 5 rings (SSSR count). The summed E-state index contributed by atoms with van der Waals surface area (Å²) in [5.41, 5.74) is 5.14. The molecule has 4 aromatic rings. The molecule has 0 unspecified atom stereocenters. The van der Waals surface area contributed by atoms with Crippen molar-refractivity contribution in [2.45, 2.75) is 6.92 Å². The number of anilines is 2. The van der Waals surface area contributed by atoms with Gasteiger partial charge >= 0.3 is 0 Å². The van der Waals surface area contributed by atoms with Crippen LogP contribution in [0.4, 0.5) is 11.5 Å². The summed E-state index contributed by atoms with van der Waals surface area (Å²) in [7, 11) is 1.68. The highest BCUT2D eigenvalue weighted by molar-refractivity contribution is 5.91. The highest BCUT2D eigenvalue weighted by atomic mass is 16.5. The number of nitrogens with zero attached hydrogens (tertiary/aromatic N) is 5. The summed E-state index contributed by atoms with van der Waals surface area (Å²) >= 11 is 0. The van der Waals surface area contributed by atoms with Crippen LogP contribution in [-0.2, 0) is 0 Å². The predicted octanol–water partition coefficient (Wildman–Crippen LogP) is 3.93. The summed E-state index contributed by atoms with van der Waals surface area (Å²) in [6.45, 7) is 5.42. The Bertz CT molecular complexity index is 1170. The molecule has 0 saturated carbocycles. The maximum absolute atomic E-state index is 5.68. The molecule has 0 aliphatic carbocycles. The molecule has 1 aliphatic heterocycles. The molecule has 7 heteroatoms. The number of hydrogen-bond donors (Lipinski definition) is 0. The Hall–Kier alpha value is -3.61.